The van der Waals surface area contributed by atoms with Gasteiger partial charge in [0.2, 0.25) is 17.7 Å². The summed E-state index contributed by atoms with van der Waals surface area (Å²) in [6.07, 6.45) is 0. The fraction of sp³-hybridized carbons (Fsp3) is 0.172. The molecule has 6 rings (SSSR count). The number of benzene rings is 3. The van der Waals surface area contributed by atoms with Crippen molar-refractivity contribution < 1.29 is 19.1 Å². The number of nitrogens with zero attached hydrogens (tertiary/aromatic N) is 2. The van der Waals surface area contributed by atoms with Crippen molar-refractivity contribution in [1.29, 1.82) is 0 Å². The van der Waals surface area contributed by atoms with E-state index in [4.69, 9.17) is 27.9 Å². The Morgan fingerprint density at radius 3 is 2.27 bits per heavy atom. The standard InChI is InChI=1S/C29H21Cl2N3O5S2/c1-39-20-5-3-2-4-19(20)22-23-24(27(37)34(26(23)36)18-12-8-16(31)9-13-18)40-28-25(22)41-29(38)33(28)14-21(35)32-17-10-6-15(30)7-11-17/h2-13,22-24H,14H2,1H3,(H,32,35). The number of aromatic nitrogens is 1. The van der Waals surface area contributed by atoms with Crippen molar-refractivity contribution in [3.8, 4) is 5.75 Å². The van der Waals surface area contributed by atoms with E-state index in [1.165, 1.54) is 16.6 Å². The van der Waals surface area contributed by atoms with Crippen molar-refractivity contribution in [2.24, 2.45) is 5.92 Å². The maximum Gasteiger partial charge on any atom is 0.308 e. The molecule has 3 heterocycles. The quantitative estimate of drug-likeness (QED) is 0.278. The Morgan fingerprint density at radius 2 is 1.59 bits per heavy atom. The summed E-state index contributed by atoms with van der Waals surface area (Å²) in [5.41, 5.74) is 1.64. The van der Waals surface area contributed by atoms with Gasteiger partial charge in [0.15, 0.2) is 0 Å². The first kappa shape index (κ1) is 27.6. The number of fused-ring (bicyclic) bond motifs is 2. The molecule has 1 fully saturated rings. The average molecular weight is 627 g/mol. The van der Waals surface area contributed by atoms with Gasteiger partial charge in [-0.2, -0.15) is 0 Å². The molecule has 3 aromatic carbocycles. The van der Waals surface area contributed by atoms with Crippen LogP contribution in [0.3, 0.4) is 0 Å². The third-order valence-electron chi connectivity index (χ3n) is 7.04. The summed E-state index contributed by atoms with van der Waals surface area (Å²) in [4.78, 5) is 55.6. The minimum atomic E-state index is -0.819. The third kappa shape index (κ3) is 4.95. The summed E-state index contributed by atoms with van der Waals surface area (Å²) in [7, 11) is 1.53. The molecule has 1 N–H and O–H groups in total. The highest BCUT2D eigenvalue weighted by molar-refractivity contribution is 8.00. The number of imide groups is 1. The molecule has 41 heavy (non-hydrogen) atoms. The number of para-hydroxylation sites is 1. The molecular formula is C29H21Cl2N3O5S2. The maximum absolute atomic E-state index is 14.0. The number of thiazole rings is 1. The number of ether oxygens (including phenoxy) is 1. The van der Waals surface area contributed by atoms with Gasteiger partial charge in [0.25, 0.3) is 0 Å². The van der Waals surface area contributed by atoms with E-state index in [2.05, 4.69) is 5.32 Å². The van der Waals surface area contributed by atoms with Crippen molar-refractivity contribution in [3.63, 3.8) is 0 Å². The van der Waals surface area contributed by atoms with E-state index in [1.807, 2.05) is 18.2 Å². The number of rotatable bonds is 6. The average Bonchev–Trinajstić information content (AvgIpc) is 3.41. The Bertz CT molecular complexity index is 1740. The van der Waals surface area contributed by atoms with Crippen LogP contribution in [0.4, 0.5) is 11.4 Å². The molecule has 1 aromatic heterocycles. The van der Waals surface area contributed by atoms with Crippen LogP contribution in [-0.2, 0) is 20.9 Å². The summed E-state index contributed by atoms with van der Waals surface area (Å²) in [5, 5.41) is 3.46. The summed E-state index contributed by atoms with van der Waals surface area (Å²) in [6.45, 7) is -0.265. The van der Waals surface area contributed by atoms with Gasteiger partial charge < -0.3 is 10.1 Å². The van der Waals surface area contributed by atoms with Crippen LogP contribution < -0.4 is 19.8 Å². The molecule has 3 amide bonds. The molecular weight excluding hydrogens is 605 g/mol. The number of methoxy groups -OCH3 is 1. The van der Waals surface area contributed by atoms with E-state index in [1.54, 1.807) is 54.6 Å². The number of amides is 3. The lowest BCUT2D eigenvalue weighted by atomic mass is 9.82. The normalized spacial score (nSPS) is 19.6. The van der Waals surface area contributed by atoms with Crippen LogP contribution in [-0.4, -0.2) is 34.6 Å². The highest BCUT2D eigenvalue weighted by Crippen LogP contribution is 2.55. The molecule has 208 valence electrons. The zero-order chi connectivity index (χ0) is 28.8. The van der Waals surface area contributed by atoms with E-state index >= 15 is 0 Å². The van der Waals surface area contributed by atoms with Crippen LogP contribution in [0.25, 0.3) is 0 Å². The third-order valence-corrected chi connectivity index (χ3v) is 10.1. The summed E-state index contributed by atoms with van der Waals surface area (Å²) in [5.74, 6) is -2.07. The van der Waals surface area contributed by atoms with E-state index in [-0.39, 0.29) is 17.3 Å². The van der Waals surface area contributed by atoms with Gasteiger partial charge in [0.05, 0.1) is 23.7 Å². The predicted octanol–water partition coefficient (Wildman–Crippen LogP) is 5.66. The first-order valence-electron chi connectivity index (χ1n) is 12.5. The van der Waals surface area contributed by atoms with Gasteiger partial charge in [-0.05, 0) is 54.6 Å². The van der Waals surface area contributed by atoms with Crippen molar-refractivity contribution >= 4 is 75.4 Å². The Balaban J connectivity index is 1.43. The minimum absolute atomic E-state index is 0.265. The molecule has 4 aromatic rings. The highest BCUT2D eigenvalue weighted by Gasteiger charge is 2.57. The molecule has 2 aliphatic heterocycles. The van der Waals surface area contributed by atoms with Crippen LogP contribution in [0.5, 0.6) is 5.75 Å². The molecule has 12 heteroatoms. The maximum atomic E-state index is 14.0. The summed E-state index contributed by atoms with van der Waals surface area (Å²) in [6, 6.07) is 20.4. The number of thioether (sulfide) groups is 1. The van der Waals surface area contributed by atoms with E-state index in [0.717, 1.165) is 23.1 Å². The fourth-order valence-corrected chi connectivity index (χ4v) is 8.25. The number of halogens is 2. The smallest absolute Gasteiger partial charge is 0.308 e. The Morgan fingerprint density at radius 1 is 0.927 bits per heavy atom. The topological polar surface area (TPSA) is 97.7 Å². The largest absolute Gasteiger partial charge is 0.496 e. The molecule has 0 aliphatic carbocycles. The molecule has 0 bridgehead atoms. The molecule has 3 atom stereocenters. The van der Waals surface area contributed by atoms with Crippen LogP contribution in [0, 0.1) is 5.92 Å². The van der Waals surface area contributed by atoms with Gasteiger partial charge in [0.1, 0.15) is 17.5 Å². The van der Waals surface area contributed by atoms with E-state index < -0.39 is 28.9 Å². The molecule has 0 spiro atoms. The fourth-order valence-electron chi connectivity index (χ4n) is 5.24. The second kappa shape index (κ2) is 11.0. The zero-order valence-electron chi connectivity index (χ0n) is 21.4. The first-order valence-corrected chi connectivity index (χ1v) is 14.9. The van der Waals surface area contributed by atoms with E-state index in [9.17, 15) is 19.2 Å². The van der Waals surface area contributed by atoms with Crippen LogP contribution in [0.15, 0.2) is 82.6 Å². The SMILES string of the molecule is COc1ccccc1C1c2sc(=O)n(CC(=O)Nc3ccc(Cl)cc3)c2SC2C(=O)N(c3ccc(Cl)cc3)C(=O)C21. The van der Waals surface area contributed by atoms with Crippen LogP contribution >= 0.6 is 46.3 Å². The monoisotopic (exact) mass is 625 g/mol. The lowest BCUT2D eigenvalue weighted by molar-refractivity contribution is -0.122. The van der Waals surface area contributed by atoms with Crippen molar-refractivity contribution in [3.05, 3.63) is 103 Å². The second-order valence-corrected chi connectivity index (χ2v) is 12.4. The Kier molecular flexibility index (Phi) is 7.41. The number of hydrogen-bond acceptors (Lipinski definition) is 7. The van der Waals surface area contributed by atoms with E-state index in [0.29, 0.717) is 42.6 Å². The summed E-state index contributed by atoms with van der Waals surface area (Å²) >= 11 is 14.1. The van der Waals surface area contributed by atoms with Crippen LogP contribution in [0.1, 0.15) is 16.4 Å². The Hall–Kier alpha value is -3.57. The number of anilines is 2. The van der Waals surface area contributed by atoms with Gasteiger partial charge in [-0.1, -0.05) is 64.5 Å². The summed E-state index contributed by atoms with van der Waals surface area (Å²) < 4.78 is 7.01. The Labute approximate surface area is 252 Å². The number of carbonyl (C=O) groups excluding carboxylic acids is 3. The van der Waals surface area contributed by atoms with Crippen LogP contribution in [0.2, 0.25) is 10.0 Å². The highest BCUT2D eigenvalue weighted by atomic mass is 35.5. The minimum Gasteiger partial charge on any atom is -0.496 e. The molecule has 3 unspecified atom stereocenters. The lowest BCUT2D eigenvalue weighted by Gasteiger charge is -2.31. The van der Waals surface area contributed by atoms with Gasteiger partial charge in [0, 0.05) is 32.1 Å². The molecule has 8 nitrogen and oxygen atoms in total. The van der Waals surface area contributed by atoms with Crippen molar-refractivity contribution in [2.75, 3.05) is 17.3 Å². The molecule has 1 saturated heterocycles. The van der Waals surface area contributed by atoms with Crippen molar-refractivity contribution in [2.45, 2.75) is 22.7 Å². The predicted molar refractivity (Wildman–Crippen MR) is 161 cm³/mol. The van der Waals surface area contributed by atoms with Gasteiger partial charge in [-0.25, -0.2) is 4.90 Å². The second-order valence-electron chi connectivity index (χ2n) is 9.45. The van der Waals surface area contributed by atoms with Gasteiger partial charge in [-0.3, -0.25) is 23.7 Å². The number of hydrogen-bond donors (Lipinski definition) is 1. The zero-order valence-corrected chi connectivity index (χ0v) is 24.5. The molecule has 0 saturated carbocycles. The lowest BCUT2D eigenvalue weighted by Crippen LogP contribution is -2.33. The van der Waals surface area contributed by atoms with Crippen molar-refractivity contribution in [1.82, 2.24) is 4.57 Å². The number of nitrogens with one attached hydrogen (secondary N) is 1. The molecule has 0 radical (unpaired) electrons. The molecule has 2 aliphatic rings. The first-order chi connectivity index (χ1) is 19.8. The van der Waals surface area contributed by atoms with Gasteiger partial charge >= 0.3 is 4.87 Å². The number of carbonyl (C=O) groups is 3. The van der Waals surface area contributed by atoms with Gasteiger partial charge in [-0.15, -0.1) is 0 Å².